The Morgan fingerprint density at radius 1 is 1.13 bits per heavy atom. The Morgan fingerprint density at radius 3 is 2.27 bits per heavy atom. The van der Waals surface area contributed by atoms with Crippen LogP contribution in [0.3, 0.4) is 0 Å². The smallest absolute Gasteiger partial charge is 0.223 e. The van der Waals surface area contributed by atoms with Gasteiger partial charge in [-0.3, -0.25) is 4.79 Å². The maximum atomic E-state index is 12.9. The number of nitrogens with zero attached hydrogens (tertiary/aromatic N) is 2. The number of carbonyl (C=O) groups is 1. The minimum absolute atomic E-state index is 0. The highest BCUT2D eigenvalue weighted by Gasteiger charge is 2.40. The van der Waals surface area contributed by atoms with E-state index in [-0.39, 0.29) is 42.7 Å². The van der Waals surface area contributed by atoms with E-state index in [1.54, 1.807) is 0 Å². The van der Waals surface area contributed by atoms with E-state index in [1.165, 1.54) is 19.3 Å². The van der Waals surface area contributed by atoms with Crippen LogP contribution in [0, 0.1) is 31.6 Å². The lowest BCUT2D eigenvalue weighted by Gasteiger charge is -2.43. The summed E-state index contributed by atoms with van der Waals surface area (Å²) in [5.74, 6) is 1.36. The minimum atomic E-state index is -0.00237. The van der Waals surface area contributed by atoms with E-state index in [1.807, 2.05) is 11.6 Å². The van der Waals surface area contributed by atoms with Crippen molar-refractivity contribution < 1.29 is 4.79 Å². The highest BCUT2D eigenvalue weighted by molar-refractivity contribution is 5.85. The number of aromatic nitrogens is 2. The summed E-state index contributed by atoms with van der Waals surface area (Å²) in [7, 11) is 0. The number of amides is 1. The Hall–Kier alpha value is -1.56. The standard InChI is InChI=1S/C23H32N4O.2ClH/c1-14-11-15(2)27(26-14)21-9-7-17(8-10-21)16(3)25-23(28)20-12-18-5-4-6-19(13-20)22(18)24;;/h7-11,16,18-20,22H,4-6,12-13,24H2,1-3H3,(H,25,28);2*1H. The van der Waals surface area contributed by atoms with Crippen LogP contribution in [0.25, 0.3) is 5.69 Å². The van der Waals surface area contributed by atoms with Crippen LogP contribution in [0.15, 0.2) is 30.3 Å². The number of nitrogens with one attached hydrogen (secondary N) is 1. The average Bonchev–Trinajstić information content (AvgIpc) is 2.99. The van der Waals surface area contributed by atoms with E-state index in [0.717, 1.165) is 35.5 Å². The molecule has 5 nitrogen and oxygen atoms in total. The molecule has 0 spiro atoms. The Balaban J connectivity index is 0.00000160. The highest BCUT2D eigenvalue weighted by Crippen LogP contribution is 2.42. The van der Waals surface area contributed by atoms with Gasteiger partial charge >= 0.3 is 0 Å². The Bertz CT molecular complexity index is 837. The number of nitrogens with two attached hydrogens (primary N) is 1. The van der Waals surface area contributed by atoms with Gasteiger partial charge in [0, 0.05) is 17.7 Å². The lowest BCUT2D eigenvalue weighted by molar-refractivity contribution is -0.128. The Labute approximate surface area is 192 Å². The van der Waals surface area contributed by atoms with E-state index in [4.69, 9.17) is 5.73 Å². The van der Waals surface area contributed by atoms with E-state index in [9.17, 15) is 4.79 Å². The van der Waals surface area contributed by atoms with Crippen LogP contribution >= 0.6 is 24.8 Å². The molecular weight excluding hydrogens is 419 g/mol. The molecule has 1 amide bonds. The van der Waals surface area contributed by atoms with Crippen LogP contribution in [-0.2, 0) is 4.79 Å². The van der Waals surface area contributed by atoms with Gasteiger partial charge in [-0.05, 0) is 82.1 Å². The van der Waals surface area contributed by atoms with Crippen LogP contribution in [0.5, 0.6) is 0 Å². The molecule has 3 atom stereocenters. The summed E-state index contributed by atoms with van der Waals surface area (Å²) in [5, 5.41) is 7.78. The topological polar surface area (TPSA) is 72.9 Å². The van der Waals surface area contributed by atoms with E-state index < -0.39 is 0 Å². The van der Waals surface area contributed by atoms with Crippen molar-refractivity contribution in [1.82, 2.24) is 15.1 Å². The number of carbonyl (C=O) groups excluding carboxylic acids is 1. The number of fused-ring (bicyclic) bond motifs is 2. The van der Waals surface area contributed by atoms with Crippen LogP contribution in [-0.4, -0.2) is 21.7 Å². The fourth-order valence-corrected chi connectivity index (χ4v) is 5.21. The largest absolute Gasteiger partial charge is 0.349 e. The predicted molar refractivity (Wildman–Crippen MR) is 126 cm³/mol. The molecule has 1 aromatic heterocycles. The lowest BCUT2D eigenvalue weighted by atomic mass is 9.65. The van der Waals surface area contributed by atoms with E-state index >= 15 is 0 Å². The van der Waals surface area contributed by atoms with Crippen molar-refractivity contribution in [3.63, 3.8) is 0 Å². The maximum absolute atomic E-state index is 12.9. The van der Waals surface area contributed by atoms with E-state index in [0.29, 0.717) is 17.9 Å². The summed E-state index contributed by atoms with van der Waals surface area (Å²) < 4.78 is 1.95. The third kappa shape index (κ3) is 5.01. The molecule has 2 bridgehead atoms. The summed E-state index contributed by atoms with van der Waals surface area (Å²) in [4.78, 5) is 12.9. The normalized spacial score (nSPS) is 26.1. The zero-order valence-electron chi connectivity index (χ0n) is 18.0. The monoisotopic (exact) mass is 452 g/mol. The summed E-state index contributed by atoms with van der Waals surface area (Å²) >= 11 is 0. The first-order valence-corrected chi connectivity index (χ1v) is 10.6. The van der Waals surface area contributed by atoms with Gasteiger partial charge in [-0.2, -0.15) is 5.10 Å². The summed E-state index contributed by atoms with van der Waals surface area (Å²) in [6.07, 6.45) is 5.55. The molecular formula is C23H34Cl2N4O. The second-order valence-corrected chi connectivity index (χ2v) is 8.86. The zero-order chi connectivity index (χ0) is 19.8. The minimum Gasteiger partial charge on any atom is -0.349 e. The zero-order valence-corrected chi connectivity index (χ0v) is 19.6. The molecule has 3 N–H and O–H groups in total. The molecule has 3 unspecified atom stereocenters. The van der Waals surface area contributed by atoms with Gasteiger partial charge in [0.1, 0.15) is 0 Å². The third-order valence-corrected chi connectivity index (χ3v) is 6.79. The molecule has 4 rings (SSSR count). The quantitative estimate of drug-likeness (QED) is 0.707. The number of halogens is 2. The lowest BCUT2D eigenvalue weighted by Crippen LogP contribution is -2.49. The van der Waals surface area contributed by atoms with Gasteiger partial charge in [0.05, 0.1) is 17.4 Å². The molecule has 0 radical (unpaired) electrons. The van der Waals surface area contributed by atoms with Crippen molar-refractivity contribution >= 4 is 30.7 Å². The molecule has 0 aliphatic heterocycles. The predicted octanol–water partition coefficient (Wildman–Crippen LogP) is 4.66. The Kier molecular flexibility index (Phi) is 8.37. The first-order chi connectivity index (χ1) is 13.4. The number of hydrogen-bond donors (Lipinski definition) is 2. The van der Waals surface area contributed by atoms with E-state index in [2.05, 4.69) is 54.6 Å². The third-order valence-electron chi connectivity index (χ3n) is 6.79. The van der Waals surface area contributed by atoms with Crippen molar-refractivity contribution in [3.05, 3.63) is 47.3 Å². The van der Waals surface area contributed by atoms with Crippen LogP contribution in [0.2, 0.25) is 0 Å². The van der Waals surface area contributed by atoms with Crippen LogP contribution in [0.4, 0.5) is 0 Å². The summed E-state index contributed by atoms with van der Waals surface area (Å²) in [6.45, 7) is 6.12. The summed E-state index contributed by atoms with van der Waals surface area (Å²) in [6, 6.07) is 10.7. The van der Waals surface area contributed by atoms with Gasteiger partial charge in [-0.25, -0.2) is 4.68 Å². The van der Waals surface area contributed by atoms with Crippen LogP contribution in [0.1, 0.15) is 62.0 Å². The van der Waals surface area contributed by atoms with Crippen LogP contribution < -0.4 is 11.1 Å². The molecule has 2 saturated carbocycles. The SMILES string of the molecule is Cc1cc(C)n(-c2ccc(C(C)NC(=O)C3CC4CCCC(C3)C4N)cc2)n1.Cl.Cl. The number of benzene rings is 1. The fourth-order valence-electron chi connectivity index (χ4n) is 5.21. The van der Waals surface area contributed by atoms with Crippen molar-refractivity contribution in [2.24, 2.45) is 23.5 Å². The second kappa shape index (κ2) is 10.2. The summed E-state index contributed by atoms with van der Waals surface area (Å²) in [5.41, 5.74) is 10.7. The molecule has 166 valence electrons. The number of aryl methyl sites for hydroxylation is 2. The molecule has 7 heteroatoms. The number of rotatable bonds is 4. The van der Waals surface area contributed by atoms with Gasteiger partial charge in [-0.15, -0.1) is 24.8 Å². The molecule has 0 saturated heterocycles. The highest BCUT2D eigenvalue weighted by atomic mass is 35.5. The number of hydrogen-bond acceptors (Lipinski definition) is 3. The van der Waals surface area contributed by atoms with Crippen molar-refractivity contribution in [1.29, 1.82) is 0 Å². The molecule has 2 fully saturated rings. The van der Waals surface area contributed by atoms with Gasteiger partial charge in [-0.1, -0.05) is 18.6 Å². The first-order valence-electron chi connectivity index (χ1n) is 10.6. The van der Waals surface area contributed by atoms with Gasteiger partial charge in [0.25, 0.3) is 0 Å². The average molecular weight is 453 g/mol. The van der Waals surface area contributed by atoms with Gasteiger partial charge in [0.15, 0.2) is 0 Å². The Morgan fingerprint density at radius 2 is 1.73 bits per heavy atom. The second-order valence-electron chi connectivity index (χ2n) is 8.86. The molecule has 30 heavy (non-hydrogen) atoms. The molecule has 1 aromatic carbocycles. The fraction of sp³-hybridized carbons (Fsp3) is 0.565. The molecule has 1 heterocycles. The van der Waals surface area contributed by atoms with Crippen molar-refractivity contribution in [2.75, 3.05) is 0 Å². The van der Waals surface area contributed by atoms with Gasteiger partial charge in [0.2, 0.25) is 5.91 Å². The van der Waals surface area contributed by atoms with Crippen molar-refractivity contribution in [3.8, 4) is 5.69 Å². The van der Waals surface area contributed by atoms with Crippen molar-refractivity contribution in [2.45, 2.75) is 65.0 Å². The maximum Gasteiger partial charge on any atom is 0.223 e. The van der Waals surface area contributed by atoms with Gasteiger partial charge < -0.3 is 11.1 Å². The first kappa shape index (κ1) is 24.7. The molecule has 2 aliphatic carbocycles. The molecule has 2 aromatic rings. The molecule has 2 aliphatic rings.